The molecule has 2 rings (SSSR count). The molecule has 0 atom stereocenters. The summed E-state index contributed by atoms with van der Waals surface area (Å²) in [6.07, 6.45) is 1.40. The largest absolute Gasteiger partial charge is 0.469 e. The first kappa shape index (κ1) is 19.0. The zero-order valence-corrected chi connectivity index (χ0v) is 14.9. The van der Waals surface area contributed by atoms with Gasteiger partial charge in [-0.1, -0.05) is 12.1 Å². The lowest BCUT2D eigenvalue weighted by Crippen LogP contribution is -2.41. The van der Waals surface area contributed by atoms with Crippen molar-refractivity contribution >= 4 is 17.8 Å². The number of carbonyl (C=O) groups excluding carboxylic acids is 3. The van der Waals surface area contributed by atoms with Crippen molar-refractivity contribution in [1.29, 1.82) is 0 Å². The highest BCUT2D eigenvalue weighted by molar-refractivity contribution is 5.99. The van der Waals surface area contributed by atoms with Crippen molar-refractivity contribution < 1.29 is 18.8 Å². The molecule has 1 heterocycles. The molecule has 0 aliphatic carbocycles. The predicted molar refractivity (Wildman–Crippen MR) is 95.3 cm³/mol. The predicted octanol–water partition coefficient (Wildman–Crippen LogP) is 1.87. The molecule has 0 spiro atoms. The molecule has 0 radical (unpaired) electrons. The highest BCUT2D eigenvalue weighted by atomic mass is 16.3. The van der Waals surface area contributed by atoms with E-state index in [4.69, 9.17) is 4.42 Å². The molecule has 1 aromatic heterocycles. The van der Waals surface area contributed by atoms with Gasteiger partial charge in [-0.25, -0.2) is 4.79 Å². The van der Waals surface area contributed by atoms with Crippen molar-refractivity contribution in [2.75, 3.05) is 0 Å². The monoisotopic (exact) mass is 358 g/mol. The van der Waals surface area contributed by atoms with Gasteiger partial charge in [0.2, 0.25) is 0 Å². The first-order valence-electron chi connectivity index (χ1n) is 8.15. The summed E-state index contributed by atoms with van der Waals surface area (Å²) in [5.41, 5.74) is 6.26. The zero-order valence-electron chi connectivity index (χ0n) is 14.9. The van der Waals surface area contributed by atoms with Crippen LogP contribution in [0.3, 0.4) is 0 Å². The van der Waals surface area contributed by atoms with Crippen LogP contribution in [0.2, 0.25) is 0 Å². The Labute approximate surface area is 151 Å². The van der Waals surface area contributed by atoms with Crippen LogP contribution in [0.25, 0.3) is 0 Å². The van der Waals surface area contributed by atoms with E-state index in [-0.39, 0.29) is 12.1 Å². The first-order chi connectivity index (χ1) is 12.4. The fourth-order valence-corrected chi connectivity index (χ4v) is 2.14. The number of aryl methyl sites for hydroxylation is 1. The molecule has 0 aliphatic rings. The van der Waals surface area contributed by atoms with Gasteiger partial charge in [-0.2, -0.15) is 0 Å². The van der Waals surface area contributed by atoms with Crippen LogP contribution in [-0.2, 0) is 6.54 Å². The molecule has 8 heteroatoms. The van der Waals surface area contributed by atoms with Gasteiger partial charge in [0.25, 0.3) is 11.8 Å². The Kier molecular flexibility index (Phi) is 6.37. The van der Waals surface area contributed by atoms with Crippen molar-refractivity contribution in [3.8, 4) is 0 Å². The maximum atomic E-state index is 12.1. The number of carbonyl (C=O) groups is 3. The van der Waals surface area contributed by atoms with Crippen LogP contribution in [0.15, 0.2) is 41.0 Å². The van der Waals surface area contributed by atoms with Gasteiger partial charge in [-0.15, -0.1) is 0 Å². The normalized spacial score (nSPS) is 10.3. The third-order valence-electron chi connectivity index (χ3n) is 3.48. The number of benzene rings is 1. The van der Waals surface area contributed by atoms with Gasteiger partial charge >= 0.3 is 6.03 Å². The van der Waals surface area contributed by atoms with Crippen LogP contribution in [0.1, 0.15) is 45.9 Å². The molecule has 26 heavy (non-hydrogen) atoms. The van der Waals surface area contributed by atoms with E-state index in [2.05, 4.69) is 21.5 Å². The summed E-state index contributed by atoms with van der Waals surface area (Å²) in [6, 6.07) is 8.01. The van der Waals surface area contributed by atoms with Crippen molar-refractivity contribution in [2.24, 2.45) is 0 Å². The van der Waals surface area contributed by atoms with Gasteiger partial charge in [-0.05, 0) is 44.5 Å². The Morgan fingerprint density at radius 1 is 1.00 bits per heavy atom. The maximum absolute atomic E-state index is 12.1. The Morgan fingerprint density at radius 2 is 1.65 bits per heavy atom. The molecule has 0 saturated heterocycles. The van der Waals surface area contributed by atoms with E-state index in [0.717, 1.165) is 5.56 Å². The van der Waals surface area contributed by atoms with E-state index in [9.17, 15) is 14.4 Å². The van der Waals surface area contributed by atoms with Crippen molar-refractivity contribution in [3.63, 3.8) is 0 Å². The van der Waals surface area contributed by atoms with Gasteiger partial charge in [0.1, 0.15) is 5.76 Å². The molecule has 1 aromatic carbocycles. The standard InChI is InChI=1S/C18H22N4O4/c1-11(2)20-18(25)19-10-13-4-6-14(7-5-13)16(23)21-22-17(24)15-8-9-26-12(15)3/h4-9,11H,10H2,1-3H3,(H,21,23)(H,22,24)(H2,19,20,25). The van der Waals surface area contributed by atoms with E-state index in [1.54, 1.807) is 31.2 Å². The lowest BCUT2D eigenvalue weighted by Gasteiger charge is -2.10. The van der Waals surface area contributed by atoms with Crippen LogP contribution in [-0.4, -0.2) is 23.9 Å². The average Bonchev–Trinajstić information content (AvgIpc) is 3.03. The van der Waals surface area contributed by atoms with Crippen LogP contribution in [0.5, 0.6) is 0 Å². The number of furan rings is 1. The van der Waals surface area contributed by atoms with Crippen molar-refractivity contribution in [2.45, 2.75) is 33.4 Å². The number of amides is 4. The molecule has 4 amide bonds. The van der Waals surface area contributed by atoms with Crippen LogP contribution < -0.4 is 21.5 Å². The number of hydrogen-bond donors (Lipinski definition) is 4. The van der Waals surface area contributed by atoms with E-state index >= 15 is 0 Å². The summed E-state index contributed by atoms with van der Waals surface area (Å²) in [7, 11) is 0. The summed E-state index contributed by atoms with van der Waals surface area (Å²) < 4.78 is 5.04. The minimum Gasteiger partial charge on any atom is -0.469 e. The number of hydrogen-bond acceptors (Lipinski definition) is 4. The van der Waals surface area contributed by atoms with Crippen LogP contribution in [0.4, 0.5) is 4.79 Å². The van der Waals surface area contributed by atoms with E-state index in [1.165, 1.54) is 12.3 Å². The minimum atomic E-state index is -0.457. The van der Waals surface area contributed by atoms with Gasteiger partial charge < -0.3 is 15.1 Å². The number of hydrazine groups is 1. The van der Waals surface area contributed by atoms with Gasteiger partial charge in [0.15, 0.2) is 0 Å². The second kappa shape index (κ2) is 8.70. The summed E-state index contributed by atoms with van der Waals surface area (Å²) in [5.74, 6) is -0.437. The summed E-state index contributed by atoms with van der Waals surface area (Å²) in [4.78, 5) is 35.5. The van der Waals surface area contributed by atoms with Gasteiger partial charge in [0, 0.05) is 18.2 Å². The van der Waals surface area contributed by atoms with Gasteiger partial charge in [-0.3, -0.25) is 20.4 Å². The molecule has 138 valence electrons. The zero-order chi connectivity index (χ0) is 19.1. The highest BCUT2D eigenvalue weighted by Crippen LogP contribution is 2.08. The van der Waals surface area contributed by atoms with Crippen molar-refractivity contribution in [3.05, 3.63) is 59.0 Å². The smallest absolute Gasteiger partial charge is 0.315 e. The molecule has 0 bridgehead atoms. The molecule has 0 saturated carbocycles. The van der Waals surface area contributed by atoms with E-state index in [1.807, 2.05) is 13.8 Å². The third-order valence-corrected chi connectivity index (χ3v) is 3.48. The summed E-state index contributed by atoms with van der Waals surface area (Å²) in [5, 5.41) is 5.45. The SMILES string of the molecule is Cc1occc1C(=O)NNC(=O)c1ccc(CNC(=O)NC(C)C)cc1. The number of urea groups is 1. The Hall–Kier alpha value is -3.29. The lowest BCUT2D eigenvalue weighted by molar-refractivity contribution is 0.0845. The Bertz CT molecular complexity index is 781. The van der Waals surface area contributed by atoms with E-state index in [0.29, 0.717) is 23.4 Å². The Morgan fingerprint density at radius 3 is 2.23 bits per heavy atom. The second-order valence-electron chi connectivity index (χ2n) is 5.98. The van der Waals surface area contributed by atoms with Crippen LogP contribution >= 0.6 is 0 Å². The van der Waals surface area contributed by atoms with E-state index < -0.39 is 11.8 Å². The fraction of sp³-hybridized carbons (Fsp3) is 0.278. The topological polar surface area (TPSA) is 112 Å². The molecule has 0 aliphatic heterocycles. The molecule has 0 fully saturated rings. The molecule has 8 nitrogen and oxygen atoms in total. The third kappa shape index (κ3) is 5.37. The molecule has 4 N–H and O–H groups in total. The van der Waals surface area contributed by atoms with Crippen LogP contribution in [0, 0.1) is 6.92 Å². The lowest BCUT2D eigenvalue weighted by atomic mass is 10.1. The molecular formula is C18H22N4O4. The molecule has 2 aromatic rings. The Balaban J connectivity index is 1.83. The number of rotatable bonds is 5. The summed E-state index contributed by atoms with van der Waals surface area (Å²) in [6.45, 7) is 5.75. The second-order valence-corrected chi connectivity index (χ2v) is 5.98. The van der Waals surface area contributed by atoms with Crippen molar-refractivity contribution in [1.82, 2.24) is 21.5 Å². The minimum absolute atomic E-state index is 0.0575. The first-order valence-corrected chi connectivity index (χ1v) is 8.15. The fourth-order valence-electron chi connectivity index (χ4n) is 2.14. The van der Waals surface area contributed by atoms with Gasteiger partial charge in [0.05, 0.1) is 11.8 Å². The summed E-state index contributed by atoms with van der Waals surface area (Å²) >= 11 is 0. The molecule has 0 unspecified atom stereocenters. The highest BCUT2D eigenvalue weighted by Gasteiger charge is 2.13. The molecular weight excluding hydrogens is 336 g/mol. The number of nitrogens with one attached hydrogen (secondary N) is 4. The average molecular weight is 358 g/mol. The maximum Gasteiger partial charge on any atom is 0.315 e. The quantitative estimate of drug-likeness (QED) is 0.611.